The Kier molecular flexibility index (Phi) is 6.20. The van der Waals surface area contributed by atoms with Crippen molar-refractivity contribution in [3.8, 4) is 0 Å². The number of halogens is 4. The summed E-state index contributed by atoms with van der Waals surface area (Å²) in [5.74, 6) is 0.558. The molecule has 0 amide bonds. The standard InChI is InChI=1S/C15H13BrF3O3PS/c16-13-7-10(5-6-12(13)15(18,19)23(20,21)22)8-24-9-11-3-1-2-4-14(11)17/h1-7H,8-9H2,(H2,20,21,22). The Bertz CT molecular complexity index is 782. The first-order chi connectivity index (χ1) is 11.1. The SMILES string of the molecule is O=P(O)(O)C(F)(F)c1ccc(CSCc2ccccc2F)cc1Br. The van der Waals surface area contributed by atoms with Crippen LogP contribution in [0.15, 0.2) is 46.9 Å². The Labute approximate surface area is 149 Å². The van der Waals surface area contributed by atoms with Gasteiger partial charge in [0.15, 0.2) is 0 Å². The summed E-state index contributed by atoms with van der Waals surface area (Å²) in [6, 6.07) is 10.1. The second kappa shape index (κ2) is 7.62. The van der Waals surface area contributed by atoms with Gasteiger partial charge in [0.1, 0.15) is 5.82 Å². The van der Waals surface area contributed by atoms with Crippen LogP contribution in [0.3, 0.4) is 0 Å². The Morgan fingerprint density at radius 3 is 2.38 bits per heavy atom. The van der Waals surface area contributed by atoms with E-state index in [1.807, 2.05) is 0 Å². The highest BCUT2D eigenvalue weighted by Gasteiger charge is 2.51. The maximum atomic E-state index is 13.7. The Morgan fingerprint density at radius 1 is 1.12 bits per heavy atom. The lowest BCUT2D eigenvalue weighted by molar-refractivity contribution is 0.0557. The van der Waals surface area contributed by atoms with Crippen molar-refractivity contribution in [1.82, 2.24) is 0 Å². The van der Waals surface area contributed by atoms with Crippen molar-refractivity contribution in [2.75, 3.05) is 0 Å². The molecule has 2 N–H and O–H groups in total. The van der Waals surface area contributed by atoms with Gasteiger partial charge in [-0.15, -0.1) is 0 Å². The van der Waals surface area contributed by atoms with E-state index in [1.54, 1.807) is 18.2 Å². The second-order valence-electron chi connectivity index (χ2n) is 4.98. The average molecular weight is 441 g/mol. The molecule has 0 atom stereocenters. The molecule has 130 valence electrons. The molecular formula is C15H13BrF3O3PS. The van der Waals surface area contributed by atoms with Gasteiger partial charge in [0.25, 0.3) is 0 Å². The van der Waals surface area contributed by atoms with Gasteiger partial charge in [0.2, 0.25) is 0 Å². The van der Waals surface area contributed by atoms with Crippen LogP contribution < -0.4 is 0 Å². The molecule has 9 heteroatoms. The molecule has 2 rings (SSSR count). The van der Waals surface area contributed by atoms with Crippen molar-refractivity contribution in [1.29, 1.82) is 0 Å². The lowest BCUT2D eigenvalue weighted by Crippen LogP contribution is -2.14. The van der Waals surface area contributed by atoms with E-state index in [0.29, 0.717) is 22.6 Å². The molecule has 0 aliphatic rings. The van der Waals surface area contributed by atoms with Gasteiger partial charge in [-0.1, -0.05) is 46.3 Å². The van der Waals surface area contributed by atoms with Gasteiger partial charge in [-0.3, -0.25) is 4.57 Å². The lowest BCUT2D eigenvalue weighted by Gasteiger charge is -2.19. The summed E-state index contributed by atoms with van der Waals surface area (Å²) in [5.41, 5.74) is -3.80. The fourth-order valence-electron chi connectivity index (χ4n) is 1.94. The first-order valence-corrected chi connectivity index (χ1v) is 10.2. The molecule has 0 unspecified atom stereocenters. The lowest BCUT2D eigenvalue weighted by atomic mass is 10.1. The van der Waals surface area contributed by atoms with Gasteiger partial charge >= 0.3 is 13.3 Å². The highest BCUT2D eigenvalue weighted by atomic mass is 79.9. The van der Waals surface area contributed by atoms with E-state index in [1.165, 1.54) is 30.0 Å². The molecule has 0 spiro atoms. The van der Waals surface area contributed by atoms with Crippen LogP contribution in [-0.2, 0) is 21.7 Å². The minimum atomic E-state index is -5.61. The number of benzene rings is 2. The van der Waals surface area contributed by atoms with E-state index < -0.39 is 18.8 Å². The van der Waals surface area contributed by atoms with Gasteiger partial charge in [-0.25, -0.2) is 4.39 Å². The third-order valence-corrected chi connectivity index (χ3v) is 5.89. The predicted octanol–water partition coefficient (Wildman–Crippen LogP) is 5.25. The average Bonchev–Trinajstić information content (AvgIpc) is 2.48. The van der Waals surface area contributed by atoms with Crippen molar-refractivity contribution in [2.24, 2.45) is 0 Å². The summed E-state index contributed by atoms with van der Waals surface area (Å²) < 4.78 is 51.8. The predicted molar refractivity (Wildman–Crippen MR) is 91.5 cm³/mol. The quantitative estimate of drug-likeness (QED) is 0.602. The number of rotatable bonds is 6. The van der Waals surface area contributed by atoms with Gasteiger partial charge in [-0.2, -0.15) is 20.5 Å². The highest BCUT2D eigenvalue weighted by molar-refractivity contribution is 9.10. The van der Waals surface area contributed by atoms with Crippen LogP contribution in [0.2, 0.25) is 0 Å². The van der Waals surface area contributed by atoms with Gasteiger partial charge in [-0.05, 0) is 23.3 Å². The zero-order valence-corrected chi connectivity index (χ0v) is 15.4. The molecule has 0 saturated carbocycles. The maximum Gasteiger partial charge on any atom is 0.399 e. The van der Waals surface area contributed by atoms with Crippen LogP contribution in [0.4, 0.5) is 13.2 Å². The first kappa shape index (κ1) is 19.5. The van der Waals surface area contributed by atoms with Gasteiger partial charge < -0.3 is 9.79 Å². The number of hydrogen-bond donors (Lipinski definition) is 2. The van der Waals surface area contributed by atoms with E-state index in [4.69, 9.17) is 9.79 Å². The monoisotopic (exact) mass is 440 g/mol. The molecule has 2 aromatic carbocycles. The topological polar surface area (TPSA) is 57.5 Å². The van der Waals surface area contributed by atoms with E-state index in [2.05, 4.69) is 15.9 Å². The molecule has 0 aliphatic carbocycles. The minimum absolute atomic E-state index is 0.0835. The van der Waals surface area contributed by atoms with Gasteiger partial charge in [0, 0.05) is 21.5 Å². The van der Waals surface area contributed by atoms with Crippen LogP contribution in [0.1, 0.15) is 16.7 Å². The fraction of sp³-hybridized carbons (Fsp3) is 0.200. The number of hydrogen-bond acceptors (Lipinski definition) is 2. The summed E-state index contributed by atoms with van der Waals surface area (Å²) >= 11 is 4.33. The first-order valence-electron chi connectivity index (χ1n) is 6.66. The normalized spacial score (nSPS) is 12.4. The fourth-order valence-corrected chi connectivity index (χ4v) is 4.25. The van der Waals surface area contributed by atoms with Gasteiger partial charge in [0.05, 0.1) is 0 Å². The Hall–Kier alpha value is -0.790. The summed E-state index contributed by atoms with van der Waals surface area (Å²) in [4.78, 5) is 17.6. The van der Waals surface area contributed by atoms with E-state index in [-0.39, 0.29) is 10.3 Å². The molecule has 0 aromatic heterocycles. The summed E-state index contributed by atoms with van der Waals surface area (Å²) in [5, 5.41) is 0. The smallest absolute Gasteiger partial charge is 0.320 e. The van der Waals surface area contributed by atoms with Crippen LogP contribution in [0, 0.1) is 5.82 Å². The van der Waals surface area contributed by atoms with E-state index in [9.17, 15) is 17.7 Å². The molecule has 0 bridgehead atoms. The number of thioether (sulfide) groups is 1. The van der Waals surface area contributed by atoms with Crippen LogP contribution >= 0.6 is 35.3 Å². The number of alkyl halides is 2. The molecule has 3 nitrogen and oxygen atoms in total. The molecule has 0 saturated heterocycles. The van der Waals surface area contributed by atoms with Crippen molar-refractivity contribution in [3.05, 3.63) is 69.4 Å². The summed E-state index contributed by atoms with van der Waals surface area (Å²) in [7, 11) is -5.61. The largest absolute Gasteiger partial charge is 0.399 e. The molecular weight excluding hydrogens is 428 g/mol. The highest BCUT2D eigenvalue weighted by Crippen LogP contribution is 2.60. The Morgan fingerprint density at radius 2 is 1.79 bits per heavy atom. The summed E-state index contributed by atoms with van der Waals surface area (Å²) in [6.07, 6.45) is 0. The van der Waals surface area contributed by atoms with Crippen molar-refractivity contribution < 1.29 is 27.5 Å². The van der Waals surface area contributed by atoms with Crippen molar-refractivity contribution in [2.45, 2.75) is 17.2 Å². The molecule has 0 radical (unpaired) electrons. The molecule has 0 heterocycles. The maximum absolute atomic E-state index is 13.7. The second-order valence-corrected chi connectivity index (χ2v) is 8.47. The molecule has 24 heavy (non-hydrogen) atoms. The van der Waals surface area contributed by atoms with E-state index >= 15 is 0 Å². The van der Waals surface area contributed by atoms with E-state index in [0.717, 1.165) is 6.07 Å². The molecule has 0 aliphatic heterocycles. The van der Waals surface area contributed by atoms with Crippen molar-refractivity contribution >= 4 is 35.3 Å². The van der Waals surface area contributed by atoms with Crippen LogP contribution in [-0.4, -0.2) is 9.79 Å². The van der Waals surface area contributed by atoms with Crippen molar-refractivity contribution in [3.63, 3.8) is 0 Å². The zero-order valence-electron chi connectivity index (χ0n) is 12.1. The third-order valence-electron chi connectivity index (χ3n) is 3.21. The zero-order chi connectivity index (χ0) is 18.0. The third kappa shape index (κ3) is 4.43. The van der Waals surface area contributed by atoms with Crippen LogP contribution in [0.25, 0.3) is 0 Å². The minimum Gasteiger partial charge on any atom is -0.320 e. The summed E-state index contributed by atoms with van der Waals surface area (Å²) in [6.45, 7) is 0. The molecule has 2 aromatic rings. The molecule has 0 fully saturated rings. The van der Waals surface area contributed by atoms with Crippen LogP contribution in [0.5, 0.6) is 0 Å². The Balaban J connectivity index is 2.08.